The summed E-state index contributed by atoms with van der Waals surface area (Å²) in [7, 11) is 1.68. The number of benzene rings is 1. The number of halogens is 4. The molecular weight excluding hydrogens is 373 g/mol. The van der Waals surface area contributed by atoms with Gasteiger partial charge in [0.1, 0.15) is 0 Å². The van der Waals surface area contributed by atoms with Crippen LogP contribution in [-0.2, 0) is 11.0 Å². The first-order chi connectivity index (χ1) is 11.7. The number of nitrogens with zero attached hydrogens (tertiary/aromatic N) is 2. The molecule has 1 amide bonds. The first-order valence-electron chi connectivity index (χ1n) is 7.35. The summed E-state index contributed by atoms with van der Waals surface area (Å²) in [4.78, 5) is 17.6. The molecule has 0 saturated carbocycles. The number of amides is 1. The van der Waals surface area contributed by atoms with E-state index in [1.54, 1.807) is 24.1 Å². The molecule has 8 heteroatoms. The maximum Gasteiger partial charge on any atom is 0.417 e. The van der Waals surface area contributed by atoms with Crippen LogP contribution in [0.2, 0.25) is 5.02 Å². The van der Waals surface area contributed by atoms with Gasteiger partial charge < -0.3 is 4.90 Å². The number of aromatic nitrogens is 1. The topological polar surface area (TPSA) is 33.2 Å². The molecule has 2 rings (SSSR count). The number of thioether (sulfide) groups is 1. The van der Waals surface area contributed by atoms with E-state index in [1.807, 2.05) is 19.1 Å². The molecule has 2 aromatic rings. The summed E-state index contributed by atoms with van der Waals surface area (Å²) in [5, 5.41) is 0.989. The van der Waals surface area contributed by atoms with E-state index in [9.17, 15) is 18.0 Å². The fourth-order valence-electron chi connectivity index (χ4n) is 2.05. The molecule has 0 saturated heterocycles. The highest BCUT2D eigenvalue weighted by atomic mass is 35.5. The molecule has 3 nitrogen and oxygen atoms in total. The molecule has 0 aliphatic rings. The van der Waals surface area contributed by atoms with Crippen molar-refractivity contribution in [3.63, 3.8) is 0 Å². The maximum absolute atomic E-state index is 12.5. The Labute approximate surface area is 153 Å². The van der Waals surface area contributed by atoms with Crippen LogP contribution in [-0.4, -0.2) is 28.6 Å². The number of carbonyl (C=O) groups is 1. The highest BCUT2D eigenvalue weighted by molar-refractivity contribution is 7.99. The van der Waals surface area contributed by atoms with Crippen molar-refractivity contribution in [2.24, 2.45) is 0 Å². The van der Waals surface area contributed by atoms with Crippen molar-refractivity contribution < 1.29 is 18.0 Å². The highest BCUT2D eigenvalue weighted by Crippen LogP contribution is 2.29. The standard InChI is InChI=1S/C17H16ClF3N2OS/c1-11(12-3-6-14(18)7-4-12)23(2)16(24)10-25-15-8-5-13(9-22-15)17(19,20)21/h3-9,11H,10H2,1-2H3. The van der Waals surface area contributed by atoms with Gasteiger partial charge in [0.05, 0.1) is 22.4 Å². The average Bonchev–Trinajstić information content (AvgIpc) is 2.58. The Bertz CT molecular complexity index is 720. The SMILES string of the molecule is CC(c1ccc(Cl)cc1)N(C)C(=O)CSc1ccc(C(F)(F)F)cn1. The molecule has 0 aliphatic heterocycles. The van der Waals surface area contributed by atoms with Crippen LogP contribution in [0, 0.1) is 0 Å². The number of hydrogen-bond acceptors (Lipinski definition) is 3. The van der Waals surface area contributed by atoms with E-state index in [1.165, 1.54) is 6.07 Å². The second kappa shape index (κ2) is 8.10. The van der Waals surface area contributed by atoms with Crippen LogP contribution in [0.1, 0.15) is 24.1 Å². The molecule has 0 aliphatic carbocycles. The van der Waals surface area contributed by atoms with E-state index in [2.05, 4.69) is 4.98 Å². The van der Waals surface area contributed by atoms with Crippen LogP contribution in [0.15, 0.2) is 47.6 Å². The minimum absolute atomic E-state index is 0.0901. The van der Waals surface area contributed by atoms with Crippen molar-refractivity contribution in [3.05, 3.63) is 58.7 Å². The van der Waals surface area contributed by atoms with E-state index in [0.29, 0.717) is 10.0 Å². The van der Waals surface area contributed by atoms with Gasteiger partial charge in [-0.1, -0.05) is 35.5 Å². The Morgan fingerprint density at radius 2 is 1.88 bits per heavy atom. The van der Waals surface area contributed by atoms with Crippen LogP contribution in [0.4, 0.5) is 13.2 Å². The van der Waals surface area contributed by atoms with Gasteiger partial charge in [-0.25, -0.2) is 4.98 Å². The van der Waals surface area contributed by atoms with Gasteiger partial charge in [0.2, 0.25) is 5.91 Å². The summed E-state index contributed by atoms with van der Waals surface area (Å²) in [6.07, 6.45) is -3.65. The third-order valence-corrected chi connectivity index (χ3v) is 4.91. The second-order valence-corrected chi connectivity index (χ2v) is 6.84. The Kier molecular flexibility index (Phi) is 6.35. The van der Waals surface area contributed by atoms with E-state index in [4.69, 9.17) is 11.6 Å². The number of rotatable bonds is 5. The molecular formula is C17H16ClF3N2OS. The Morgan fingerprint density at radius 3 is 2.40 bits per heavy atom. The molecule has 0 N–H and O–H groups in total. The number of alkyl halides is 3. The van der Waals surface area contributed by atoms with Gasteiger partial charge >= 0.3 is 6.18 Å². The zero-order valence-corrected chi connectivity index (χ0v) is 15.1. The molecule has 0 radical (unpaired) electrons. The summed E-state index contributed by atoms with van der Waals surface area (Å²) < 4.78 is 37.5. The molecule has 134 valence electrons. The Hall–Kier alpha value is -1.73. The number of carbonyl (C=O) groups excluding carboxylic acids is 1. The molecule has 1 heterocycles. The molecule has 25 heavy (non-hydrogen) atoms. The Balaban J connectivity index is 1.94. The number of hydrogen-bond donors (Lipinski definition) is 0. The third kappa shape index (κ3) is 5.37. The molecule has 0 bridgehead atoms. The van der Waals surface area contributed by atoms with Gasteiger partial charge in [-0.15, -0.1) is 0 Å². The lowest BCUT2D eigenvalue weighted by atomic mass is 10.1. The minimum atomic E-state index is -4.42. The van der Waals surface area contributed by atoms with E-state index in [0.717, 1.165) is 29.6 Å². The van der Waals surface area contributed by atoms with Gasteiger partial charge in [-0.2, -0.15) is 13.2 Å². The molecule has 1 unspecified atom stereocenters. The van der Waals surface area contributed by atoms with Gasteiger partial charge in [0.25, 0.3) is 0 Å². The molecule has 0 spiro atoms. The summed E-state index contributed by atoms with van der Waals surface area (Å²) in [6.45, 7) is 1.89. The van der Waals surface area contributed by atoms with Crippen LogP contribution >= 0.6 is 23.4 Å². The predicted octanol–water partition coefficient (Wildman–Crippen LogP) is 5.07. The summed E-state index contributed by atoms with van der Waals surface area (Å²) in [6, 6.07) is 9.29. The van der Waals surface area contributed by atoms with Crippen LogP contribution < -0.4 is 0 Å². The van der Waals surface area contributed by atoms with Gasteiger partial charge in [0.15, 0.2) is 0 Å². The van der Waals surface area contributed by atoms with Crippen molar-refractivity contribution in [1.29, 1.82) is 0 Å². The van der Waals surface area contributed by atoms with Crippen molar-refractivity contribution >= 4 is 29.3 Å². The highest BCUT2D eigenvalue weighted by Gasteiger charge is 2.30. The van der Waals surface area contributed by atoms with Crippen LogP contribution in [0.3, 0.4) is 0 Å². The van der Waals surface area contributed by atoms with E-state index in [-0.39, 0.29) is 17.7 Å². The lowest BCUT2D eigenvalue weighted by Gasteiger charge is -2.25. The van der Waals surface area contributed by atoms with Gasteiger partial charge in [-0.05, 0) is 36.8 Å². The largest absolute Gasteiger partial charge is 0.417 e. The first kappa shape index (κ1) is 19.6. The van der Waals surface area contributed by atoms with E-state index >= 15 is 0 Å². The molecule has 1 aromatic heterocycles. The summed E-state index contributed by atoms with van der Waals surface area (Å²) >= 11 is 6.95. The van der Waals surface area contributed by atoms with Gasteiger partial charge in [0, 0.05) is 18.3 Å². The fraction of sp³-hybridized carbons (Fsp3) is 0.294. The maximum atomic E-state index is 12.5. The quantitative estimate of drug-likeness (QED) is 0.671. The number of pyridine rings is 1. The lowest BCUT2D eigenvalue weighted by molar-refractivity contribution is -0.138. The van der Waals surface area contributed by atoms with Crippen molar-refractivity contribution in [2.75, 3.05) is 12.8 Å². The van der Waals surface area contributed by atoms with Gasteiger partial charge in [-0.3, -0.25) is 4.79 Å². The second-order valence-electron chi connectivity index (χ2n) is 5.40. The zero-order chi connectivity index (χ0) is 18.6. The molecule has 0 fully saturated rings. The molecule has 1 atom stereocenters. The summed E-state index contributed by atoms with van der Waals surface area (Å²) in [5.41, 5.74) is 0.134. The van der Waals surface area contributed by atoms with E-state index < -0.39 is 11.7 Å². The van der Waals surface area contributed by atoms with Crippen LogP contribution in [0.25, 0.3) is 0 Å². The predicted molar refractivity (Wildman–Crippen MR) is 92.6 cm³/mol. The third-order valence-electron chi connectivity index (χ3n) is 3.73. The monoisotopic (exact) mass is 388 g/mol. The minimum Gasteiger partial charge on any atom is -0.338 e. The zero-order valence-electron chi connectivity index (χ0n) is 13.5. The van der Waals surface area contributed by atoms with Crippen LogP contribution in [0.5, 0.6) is 0 Å². The smallest absolute Gasteiger partial charge is 0.338 e. The molecule has 1 aromatic carbocycles. The first-order valence-corrected chi connectivity index (χ1v) is 8.72. The summed E-state index contributed by atoms with van der Waals surface area (Å²) in [5.74, 6) is -0.0542. The van der Waals surface area contributed by atoms with Crippen molar-refractivity contribution in [2.45, 2.75) is 24.2 Å². The van der Waals surface area contributed by atoms with Crippen molar-refractivity contribution in [1.82, 2.24) is 9.88 Å². The fourth-order valence-corrected chi connectivity index (χ4v) is 2.94. The lowest BCUT2D eigenvalue weighted by Crippen LogP contribution is -2.31. The van der Waals surface area contributed by atoms with Crippen molar-refractivity contribution in [3.8, 4) is 0 Å². The normalized spacial score (nSPS) is 12.7. The average molecular weight is 389 g/mol. The Morgan fingerprint density at radius 1 is 1.24 bits per heavy atom.